The van der Waals surface area contributed by atoms with E-state index in [4.69, 9.17) is 4.74 Å². The Bertz CT molecular complexity index is 134. The molecule has 5 nitrogen and oxygen atoms in total. The van der Waals surface area contributed by atoms with Gasteiger partial charge >= 0.3 is 29.6 Å². The molecule has 0 N–H and O–H groups in total. The second-order valence-corrected chi connectivity index (χ2v) is 2.38. The molecular formula is C4H9NNaO4S-. The largest absolute Gasteiger partial charge is 1.00 e. The molecule has 0 radical (unpaired) electrons. The first-order valence-corrected chi connectivity index (χ1v) is 3.89. The summed E-state index contributed by atoms with van der Waals surface area (Å²) in [4.78, 5) is 0. The molecule has 11 heavy (non-hydrogen) atoms. The summed E-state index contributed by atoms with van der Waals surface area (Å²) in [5.41, 5.74) is 0. The van der Waals surface area contributed by atoms with Crippen LogP contribution in [0.3, 0.4) is 0 Å². The molecule has 62 valence electrons. The molecule has 0 amide bonds. The Labute approximate surface area is 91.3 Å². The standard InChI is InChI=1S/C4H9NO4S.Na.H/c6-10(7)9-5-1-3-8-4-2-5;;/h1-4H2,(H,6,7);;/q;+1;-1/p-1. The minimum absolute atomic E-state index is 0. The van der Waals surface area contributed by atoms with Crippen LogP contribution in [0.2, 0.25) is 0 Å². The first-order valence-electron chi connectivity index (χ1n) is 2.89. The van der Waals surface area contributed by atoms with Gasteiger partial charge in [0.2, 0.25) is 0 Å². The van der Waals surface area contributed by atoms with Crippen molar-refractivity contribution in [1.82, 2.24) is 5.06 Å². The molecule has 0 aromatic carbocycles. The molecule has 0 saturated carbocycles. The van der Waals surface area contributed by atoms with E-state index in [9.17, 15) is 8.76 Å². The van der Waals surface area contributed by atoms with E-state index in [1.165, 1.54) is 5.06 Å². The molecule has 0 spiro atoms. The maximum atomic E-state index is 9.96. The number of nitrogens with zero attached hydrogens (tertiary/aromatic N) is 1. The predicted octanol–water partition coefficient (Wildman–Crippen LogP) is -3.84. The van der Waals surface area contributed by atoms with Gasteiger partial charge < -0.3 is 10.7 Å². The normalized spacial score (nSPS) is 22.3. The monoisotopic (exact) mass is 190 g/mol. The average Bonchev–Trinajstić information content (AvgIpc) is 1.88. The number of hydroxylamine groups is 2. The molecule has 1 aliphatic rings. The summed E-state index contributed by atoms with van der Waals surface area (Å²) < 4.78 is 29.2. The van der Waals surface area contributed by atoms with Crippen LogP contribution in [-0.2, 0) is 20.4 Å². The predicted molar refractivity (Wildman–Crippen MR) is 33.5 cm³/mol. The van der Waals surface area contributed by atoms with Crippen molar-refractivity contribution in [2.24, 2.45) is 0 Å². The summed E-state index contributed by atoms with van der Waals surface area (Å²) in [7, 11) is 0. The zero-order chi connectivity index (χ0) is 7.40. The van der Waals surface area contributed by atoms with Gasteiger partial charge in [0.1, 0.15) is 11.4 Å². The number of morpholine rings is 1. The van der Waals surface area contributed by atoms with Gasteiger partial charge in [-0.15, -0.1) is 0 Å². The van der Waals surface area contributed by atoms with Crippen molar-refractivity contribution in [3.63, 3.8) is 0 Å². The van der Waals surface area contributed by atoms with E-state index in [1.54, 1.807) is 0 Å². The van der Waals surface area contributed by atoms with Crippen molar-refractivity contribution in [3.8, 4) is 0 Å². The summed E-state index contributed by atoms with van der Waals surface area (Å²) in [6, 6.07) is 0. The molecule has 1 saturated heterocycles. The molecule has 1 fully saturated rings. The molecule has 0 bridgehead atoms. The van der Waals surface area contributed by atoms with Gasteiger partial charge in [-0.25, -0.2) is 8.49 Å². The number of hydrogen-bond donors (Lipinski definition) is 0. The van der Waals surface area contributed by atoms with Crippen LogP contribution in [0.4, 0.5) is 0 Å². The first kappa shape index (κ1) is 12.0. The minimum Gasteiger partial charge on any atom is -1.00 e. The van der Waals surface area contributed by atoms with Crippen molar-refractivity contribution in [3.05, 3.63) is 0 Å². The van der Waals surface area contributed by atoms with Crippen LogP contribution in [0.1, 0.15) is 1.43 Å². The summed E-state index contributed by atoms with van der Waals surface area (Å²) in [6.07, 6.45) is 0. The first-order chi connectivity index (χ1) is 4.79. The molecule has 1 rings (SSSR count). The molecule has 1 atom stereocenters. The van der Waals surface area contributed by atoms with Crippen LogP contribution in [0.25, 0.3) is 0 Å². The summed E-state index contributed by atoms with van der Waals surface area (Å²) in [6.45, 7) is 2.07. The molecule has 0 aliphatic carbocycles. The average molecular weight is 190 g/mol. The zero-order valence-electron chi connectivity index (χ0n) is 7.32. The van der Waals surface area contributed by atoms with E-state index in [0.717, 1.165) is 0 Å². The SMILES string of the molecule is O=S([O-])ON1CCOCC1.[H-].[Na+]. The van der Waals surface area contributed by atoms with Gasteiger partial charge in [-0.3, -0.25) is 0 Å². The molecule has 1 heterocycles. The van der Waals surface area contributed by atoms with E-state index >= 15 is 0 Å². The Kier molecular flexibility index (Phi) is 7.08. The fraction of sp³-hybridized carbons (Fsp3) is 1.00. The van der Waals surface area contributed by atoms with E-state index in [2.05, 4.69) is 4.28 Å². The fourth-order valence-corrected chi connectivity index (χ4v) is 1.03. The van der Waals surface area contributed by atoms with Gasteiger partial charge in [-0.2, -0.15) is 5.06 Å². The minimum atomic E-state index is -2.44. The van der Waals surface area contributed by atoms with E-state index in [1.807, 2.05) is 0 Å². The number of ether oxygens (including phenoxy) is 1. The zero-order valence-corrected chi connectivity index (χ0v) is 9.13. The van der Waals surface area contributed by atoms with Crippen LogP contribution in [-0.4, -0.2) is 40.1 Å². The number of rotatable bonds is 2. The smallest absolute Gasteiger partial charge is 1.00 e. The third kappa shape index (κ3) is 5.26. The molecule has 1 unspecified atom stereocenters. The fourth-order valence-electron chi connectivity index (χ4n) is 0.707. The van der Waals surface area contributed by atoms with E-state index in [0.29, 0.717) is 26.3 Å². The Morgan fingerprint density at radius 3 is 2.55 bits per heavy atom. The van der Waals surface area contributed by atoms with Crippen LogP contribution in [0, 0.1) is 0 Å². The van der Waals surface area contributed by atoms with Crippen molar-refractivity contribution in [2.75, 3.05) is 26.3 Å². The molecule has 7 heteroatoms. The third-order valence-corrected chi connectivity index (χ3v) is 1.47. The van der Waals surface area contributed by atoms with Crippen LogP contribution < -0.4 is 29.6 Å². The van der Waals surface area contributed by atoms with Crippen molar-refractivity contribution >= 4 is 11.4 Å². The molecule has 0 aromatic rings. The van der Waals surface area contributed by atoms with Crippen LogP contribution in [0.5, 0.6) is 0 Å². The quantitative estimate of drug-likeness (QED) is 0.329. The summed E-state index contributed by atoms with van der Waals surface area (Å²) >= 11 is -2.44. The Balaban J connectivity index is 0. The van der Waals surface area contributed by atoms with Crippen LogP contribution in [0.15, 0.2) is 0 Å². The van der Waals surface area contributed by atoms with Crippen molar-refractivity contribution in [2.45, 2.75) is 0 Å². The summed E-state index contributed by atoms with van der Waals surface area (Å²) in [5.74, 6) is 0. The third-order valence-electron chi connectivity index (χ3n) is 1.14. The number of hydrogen-bond acceptors (Lipinski definition) is 5. The second kappa shape index (κ2) is 6.50. The van der Waals surface area contributed by atoms with Gasteiger partial charge in [0.05, 0.1) is 13.2 Å². The molecule has 1 aliphatic heterocycles. The molecule has 0 aromatic heterocycles. The molecular weight excluding hydrogens is 181 g/mol. The van der Waals surface area contributed by atoms with Gasteiger partial charge in [-0.05, 0) is 0 Å². The Morgan fingerprint density at radius 1 is 1.55 bits per heavy atom. The van der Waals surface area contributed by atoms with Gasteiger partial charge in [0.25, 0.3) is 0 Å². The maximum absolute atomic E-state index is 9.96. The maximum Gasteiger partial charge on any atom is 1.00 e. The van der Waals surface area contributed by atoms with E-state index in [-0.39, 0.29) is 31.0 Å². The Hall–Kier alpha value is 0.990. The summed E-state index contributed by atoms with van der Waals surface area (Å²) in [5, 5.41) is 1.35. The Morgan fingerprint density at radius 2 is 2.09 bits per heavy atom. The topological polar surface area (TPSA) is 61.8 Å². The van der Waals surface area contributed by atoms with Crippen molar-refractivity contribution in [1.29, 1.82) is 0 Å². The second-order valence-electron chi connectivity index (χ2n) is 1.82. The van der Waals surface area contributed by atoms with E-state index < -0.39 is 11.4 Å². The van der Waals surface area contributed by atoms with Gasteiger partial charge in [-0.1, -0.05) is 0 Å². The van der Waals surface area contributed by atoms with Gasteiger partial charge in [0.15, 0.2) is 0 Å². The van der Waals surface area contributed by atoms with Crippen LogP contribution >= 0.6 is 0 Å². The van der Waals surface area contributed by atoms with Crippen molar-refractivity contribution < 1.29 is 48.8 Å². The van der Waals surface area contributed by atoms with Gasteiger partial charge in [0, 0.05) is 13.1 Å².